The number of para-hydroxylation sites is 1. The Morgan fingerprint density at radius 1 is 1.10 bits per heavy atom. The molecule has 0 bridgehead atoms. The van der Waals surface area contributed by atoms with Crippen LogP contribution < -0.4 is 10.9 Å². The predicted octanol–water partition coefficient (Wildman–Crippen LogP) is 3.45. The van der Waals surface area contributed by atoms with E-state index in [-0.39, 0.29) is 28.3 Å². The van der Waals surface area contributed by atoms with Gasteiger partial charge in [-0.05, 0) is 36.4 Å². The number of aromatic nitrogens is 2. The van der Waals surface area contributed by atoms with Crippen LogP contribution in [0.2, 0.25) is 0 Å². The molecule has 0 saturated carbocycles. The zero-order chi connectivity index (χ0) is 20.2. The van der Waals surface area contributed by atoms with Crippen LogP contribution in [0.1, 0.15) is 5.56 Å². The number of nitrogens with one attached hydrogen (secondary N) is 1. The van der Waals surface area contributed by atoms with Gasteiger partial charge in [0.05, 0.1) is 17.4 Å². The van der Waals surface area contributed by atoms with Crippen LogP contribution in [-0.2, 0) is 4.79 Å². The largest absolute Gasteiger partial charge is 0.422 e. The lowest BCUT2D eigenvalue weighted by Gasteiger charge is -2.03. The molecule has 1 amide bonds. The summed E-state index contributed by atoms with van der Waals surface area (Å²) in [6, 6.07) is 17.3. The zero-order valence-electron chi connectivity index (χ0n) is 14.8. The van der Waals surface area contributed by atoms with Gasteiger partial charge >= 0.3 is 5.63 Å². The Bertz CT molecular complexity index is 1290. The number of carbonyl (C=O) groups is 1. The number of rotatable bonds is 5. The van der Waals surface area contributed by atoms with E-state index in [1.54, 1.807) is 48.5 Å². The summed E-state index contributed by atoms with van der Waals surface area (Å²) in [5.41, 5.74) is 1.13. The second-order valence-electron chi connectivity index (χ2n) is 5.88. The third-order valence-electron chi connectivity index (χ3n) is 3.90. The van der Waals surface area contributed by atoms with E-state index in [0.29, 0.717) is 16.8 Å². The third kappa shape index (κ3) is 4.17. The van der Waals surface area contributed by atoms with Crippen LogP contribution in [0.15, 0.2) is 73.4 Å². The maximum absolute atomic E-state index is 12.2. The van der Waals surface area contributed by atoms with Crippen LogP contribution in [0.25, 0.3) is 22.4 Å². The van der Waals surface area contributed by atoms with Crippen molar-refractivity contribution < 1.29 is 13.6 Å². The summed E-state index contributed by atoms with van der Waals surface area (Å²) in [6.07, 6.45) is 0. The molecule has 4 rings (SSSR count). The van der Waals surface area contributed by atoms with Crippen molar-refractivity contribution in [1.29, 1.82) is 5.26 Å². The van der Waals surface area contributed by atoms with Crippen LogP contribution in [0.4, 0.5) is 5.69 Å². The summed E-state index contributed by atoms with van der Waals surface area (Å²) in [5.74, 6) is -0.210. The van der Waals surface area contributed by atoms with Gasteiger partial charge in [0.1, 0.15) is 11.1 Å². The van der Waals surface area contributed by atoms with Gasteiger partial charge in [0, 0.05) is 11.1 Å². The number of carbonyl (C=O) groups excluding carboxylic acids is 1. The van der Waals surface area contributed by atoms with Crippen molar-refractivity contribution in [2.75, 3.05) is 11.1 Å². The van der Waals surface area contributed by atoms with E-state index in [1.165, 1.54) is 0 Å². The number of benzene rings is 2. The number of thioether (sulfide) groups is 1. The van der Waals surface area contributed by atoms with E-state index in [1.807, 2.05) is 12.1 Å². The van der Waals surface area contributed by atoms with Crippen molar-refractivity contribution in [3.63, 3.8) is 0 Å². The number of anilines is 1. The normalized spacial score (nSPS) is 10.6. The number of nitriles is 1. The van der Waals surface area contributed by atoms with E-state index in [2.05, 4.69) is 15.5 Å². The summed E-state index contributed by atoms with van der Waals surface area (Å²) in [7, 11) is 0. The molecule has 0 aliphatic heterocycles. The van der Waals surface area contributed by atoms with Gasteiger partial charge in [-0.1, -0.05) is 30.0 Å². The Balaban J connectivity index is 1.43. The standard InChI is InChI=1S/C20H12N4O4S/c21-10-12-5-7-14(8-6-12)22-17(25)11-29-20-24-23-18(28-20)15-9-13-3-1-2-4-16(13)27-19(15)26/h1-9H,11H2,(H,22,25). The molecule has 142 valence electrons. The minimum atomic E-state index is -0.581. The fraction of sp³-hybridized carbons (Fsp3) is 0.0500. The molecule has 0 radical (unpaired) electrons. The van der Waals surface area contributed by atoms with Crippen LogP contribution in [0, 0.1) is 11.3 Å². The molecule has 8 nitrogen and oxygen atoms in total. The van der Waals surface area contributed by atoms with Crippen molar-refractivity contribution in [3.05, 3.63) is 70.6 Å². The molecule has 2 aromatic heterocycles. The summed E-state index contributed by atoms with van der Waals surface area (Å²) in [6.45, 7) is 0. The molecule has 0 spiro atoms. The fourth-order valence-electron chi connectivity index (χ4n) is 2.54. The average molecular weight is 404 g/mol. The van der Waals surface area contributed by atoms with Gasteiger partial charge in [-0.3, -0.25) is 4.79 Å². The van der Waals surface area contributed by atoms with E-state index in [4.69, 9.17) is 14.1 Å². The maximum atomic E-state index is 12.2. The van der Waals surface area contributed by atoms with Crippen LogP contribution >= 0.6 is 11.8 Å². The molecule has 0 aliphatic carbocycles. The lowest BCUT2D eigenvalue weighted by molar-refractivity contribution is -0.113. The number of nitrogens with zero attached hydrogens (tertiary/aromatic N) is 3. The van der Waals surface area contributed by atoms with E-state index in [9.17, 15) is 9.59 Å². The quantitative estimate of drug-likeness (QED) is 0.396. The Kier molecular flexibility index (Phi) is 5.09. The van der Waals surface area contributed by atoms with Crippen molar-refractivity contribution in [2.24, 2.45) is 0 Å². The zero-order valence-corrected chi connectivity index (χ0v) is 15.6. The molecule has 0 fully saturated rings. The Labute approximate surface area is 168 Å². The van der Waals surface area contributed by atoms with Crippen molar-refractivity contribution in [2.45, 2.75) is 5.22 Å². The van der Waals surface area contributed by atoms with Gasteiger partial charge in [0.25, 0.3) is 11.1 Å². The molecule has 1 N–H and O–H groups in total. The highest BCUT2D eigenvalue weighted by molar-refractivity contribution is 7.99. The minimum Gasteiger partial charge on any atom is -0.422 e. The lowest BCUT2D eigenvalue weighted by atomic mass is 10.2. The van der Waals surface area contributed by atoms with Gasteiger partial charge in [-0.15, -0.1) is 10.2 Å². The topological polar surface area (TPSA) is 122 Å². The maximum Gasteiger partial charge on any atom is 0.349 e. The Hall–Kier alpha value is -3.90. The summed E-state index contributed by atoms with van der Waals surface area (Å²) < 4.78 is 10.8. The monoisotopic (exact) mass is 404 g/mol. The van der Waals surface area contributed by atoms with Crippen LogP contribution in [0.3, 0.4) is 0 Å². The first-order valence-corrected chi connectivity index (χ1v) is 9.40. The van der Waals surface area contributed by atoms with Gasteiger partial charge in [-0.25, -0.2) is 4.79 Å². The second kappa shape index (κ2) is 8.00. The second-order valence-corrected chi connectivity index (χ2v) is 6.81. The molecule has 29 heavy (non-hydrogen) atoms. The number of fused-ring (bicyclic) bond motifs is 1. The van der Waals surface area contributed by atoms with Crippen LogP contribution in [-0.4, -0.2) is 21.9 Å². The molecule has 0 unspecified atom stereocenters. The van der Waals surface area contributed by atoms with Crippen molar-refractivity contribution in [1.82, 2.24) is 10.2 Å². The fourth-order valence-corrected chi connectivity index (χ4v) is 3.10. The highest BCUT2D eigenvalue weighted by Crippen LogP contribution is 2.24. The lowest BCUT2D eigenvalue weighted by Crippen LogP contribution is -2.13. The van der Waals surface area contributed by atoms with E-state index >= 15 is 0 Å². The Morgan fingerprint density at radius 3 is 2.69 bits per heavy atom. The van der Waals surface area contributed by atoms with Crippen molar-refractivity contribution >= 4 is 34.3 Å². The van der Waals surface area contributed by atoms with Gasteiger partial charge in [0.2, 0.25) is 5.91 Å². The number of hydrogen-bond donors (Lipinski definition) is 1. The molecule has 2 aromatic carbocycles. The first kappa shape index (κ1) is 18.5. The molecular formula is C20H12N4O4S. The SMILES string of the molecule is N#Cc1ccc(NC(=O)CSc2nnc(-c3cc4ccccc4oc3=O)o2)cc1. The van der Waals surface area contributed by atoms with Gasteiger partial charge in [0.15, 0.2) is 0 Å². The summed E-state index contributed by atoms with van der Waals surface area (Å²) >= 11 is 1.04. The van der Waals surface area contributed by atoms with Gasteiger partial charge in [-0.2, -0.15) is 5.26 Å². The Morgan fingerprint density at radius 2 is 1.90 bits per heavy atom. The number of amides is 1. The summed E-state index contributed by atoms with van der Waals surface area (Å²) in [4.78, 5) is 24.2. The van der Waals surface area contributed by atoms with E-state index < -0.39 is 5.63 Å². The molecule has 0 saturated heterocycles. The highest BCUT2D eigenvalue weighted by Gasteiger charge is 2.16. The van der Waals surface area contributed by atoms with Crippen LogP contribution in [0.5, 0.6) is 0 Å². The van der Waals surface area contributed by atoms with Gasteiger partial charge < -0.3 is 14.2 Å². The molecule has 4 aromatic rings. The minimum absolute atomic E-state index is 0.0273. The predicted molar refractivity (Wildman–Crippen MR) is 106 cm³/mol. The molecule has 0 atom stereocenters. The summed E-state index contributed by atoms with van der Waals surface area (Å²) in [5, 5.41) is 20.1. The smallest absolute Gasteiger partial charge is 0.349 e. The van der Waals surface area contributed by atoms with E-state index in [0.717, 1.165) is 17.1 Å². The third-order valence-corrected chi connectivity index (χ3v) is 4.72. The average Bonchev–Trinajstić information content (AvgIpc) is 3.21. The highest BCUT2D eigenvalue weighted by atomic mass is 32.2. The molecule has 9 heteroatoms. The number of hydrogen-bond acceptors (Lipinski definition) is 8. The first-order valence-electron chi connectivity index (χ1n) is 8.42. The van der Waals surface area contributed by atoms with Crippen molar-refractivity contribution in [3.8, 4) is 17.5 Å². The molecular weight excluding hydrogens is 392 g/mol. The first-order chi connectivity index (χ1) is 14.1. The molecule has 2 heterocycles. The molecule has 0 aliphatic rings.